The zero-order chi connectivity index (χ0) is 30.8. The van der Waals surface area contributed by atoms with Gasteiger partial charge in [-0.3, -0.25) is 29.6 Å². The van der Waals surface area contributed by atoms with Gasteiger partial charge in [0.25, 0.3) is 0 Å². The van der Waals surface area contributed by atoms with Crippen LogP contribution in [0.5, 0.6) is 0 Å². The van der Waals surface area contributed by atoms with Gasteiger partial charge in [0.15, 0.2) is 0 Å². The molecule has 3 unspecified atom stereocenters. The Hall–Kier alpha value is -3.70. The van der Waals surface area contributed by atoms with E-state index in [2.05, 4.69) is 48.0 Å². The van der Waals surface area contributed by atoms with E-state index >= 15 is 0 Å². The van der Waals surface area contributed by atoms with Crippen molar-refractivity contribution in [3.8, 4) is 11.1 Å². The third-order valence-electron chi connectivity index (χ3n) is 7.80. The molecule has 1 fully saturated rings. The van der Waals surface area contributed by atoms with Crippen LogP contribution in [0.1, 0.15) is 65.2 Å². The normalized spacial score (nSPS) is 17.5. The quantitative estimate of drug-likeness (QED) is 0.292. The third-order valence-corrected chi connectivity index (χ3v) is 7.80. The average molecular weight is 582 g/mol. The fourth-order valence-electron chi connectivity index (χ4n) is 5.20. The second kappa shape index (κ2) is 15.5. The monoisotopic (exact) mass is 581 g/mol. The number of nitrogens with one attached hydrogen (secondary N) is 3. The van der Waals surface area contributed by atoms with E-state index < -0.39 is 0 Å². The van der Waals surface area contributed by atoms with Crippen LogP contribution in [0.4, 0.5) is 4.39 Å². The summed E-state index contributed by atoms with van der Waals surface area (Å²) in [4.78, 5) is 49.9. The maximum atomic E-state index is 13.4. The molecule has 3 heterocycles. The van der Waals surface area contributed by atoms with Crippen molar-refractivity contribution in [1.82, 2.24) is 35.4 Å². The number of aromatic amines is 1. The van der Waals surface area contributed by atoms with Crippen molar-refractivity contribution in [2.75, 3.05) is 27.2 Å². The SMILES string of the molecule is CCN(CCC1CCC(c2nc3c(-c4ccc(F)cc4)cncc3[nH]2)N1C)C(=O)CC(C)C.CNC(C)C(=O)NC=O. The predicted molar refractivity (Wildman–Crippen MR) is 162 cm³/mol. The van der Waals surface area contributed by atoms with Crippen molar-refractivity contribution < 1.29 is 18.8 Å². The molecule has 3 atom stereocenters. The zero-order valence-corrected chi connectivity index (χ0v) is 25.5. The lowest BCUT2D eigenvalue weighted by molar-refractivity contribution is -0.132. The van der Waals surface area contributed by atoms with Crippen molar-refractivity contribution in [1.29, 1.82) is 0 Å². The van der Waals surface area contributed by atoms with Crippen LogP contribution in [-0.2, 0) is 14.4 Å². The van der Waals surface area contributed by atoms with Gasteiger partial charge in [-0.25, -0.2) is 9.37 Å². The molecule has 0 bridgehead atoms. The minimum Gasteiger partial charge on any atom is -0.343 e. The van der Waals surface area contributed by atoms with E-state index in [0.29, 0.717) is 24.8 Å². The predicted octanol–water partition coefficient (Wildman–Crippen LogP) is 4.05. The largest absolute Gasteiger partial charge is 0.343 e. The molecule has 0 radical (unpaired) electrons. The molecular formula is C31H44FN7O3. The summed E-state index contributed by atoms with van der Waals surface area (Å²) in [5.74, 6) is 1.00. The van der Waals surface area contributed by atoms with Crippen molar-refractivity contribution in [2.45, 2.75) is 71.5 Å². The fourth-order valence-corrected chi connectivity index (χ4v) is 5.20. The second-order valence-corrected chi connectivity index (χ2v) is 11.1. The van der Waals surface area contributed by atoms with Gasteiger partial charge in [-0.15, -0.1) is 0 Å². The van der Waals surface area contributed by atoms with Crippen LogP contribution in [0, 0.1) is 11.7 Å². The van der Waals surface area contributed by atoms with Crippen LogP contribution in [0.15, 0.2) is 36.7 Å². The summed E-state index contributed by atoms with van der Waals surface area (Å²) in [5.41, 5.74) is 3.55. The number of benzene rings is 1. The number of carbonyl (C=O) groups is 3. The number of likely N-dealkylation sites (tertiary alicyclic amines) is 1. The number of fused-ring (bicyclic) bond motifs is 1. The topological polar surface area (TPSA) is 123 Å². The Kier molecular flexibility index (Phi) is 12.1. The van der Waals surface area contributed by atoms with Gasteiger partial charge in [0.2, 0.25) is 18.2 Å². The van der Waals surface area contributed by atoms with Crippen molar-refractivity contribution in [2.24, 2.45) is 5.92 Å². The van der Waals surface area contributed by atoms with Gasteiger partial charge in [-0.2, -0.15) is 0 Å². The van der Waals surface area contributed by atoms with Crippen LogP contribution >= 0.6 is 0 Å². The van der Waals surface area contributed by atoms with Crippen molar-refractivity contribution >= 4 is 29.3 Å². The van der Waals surface area contributed by atoms with Crippen LogP contribution in [0.3, 0.4) is 0 Å². The summed E-state index contributed by atoms with van der Waals surface area (Å²) in [7, 11) is 3.80. The molecule has 1 saturated heterocycles. The van der Waals surface area contributed by atoms with Gasteiger partial charge in [-0.1, -0.05) is 26.0 Å². The molecule has 2 aromatic heterocycles. The summed E-state index contributed by atoms with van der Waals surface area (Å²) in [6.07, 6.45) is 7.63. The van der Waals surface area contributed by atoms with Gasteiger partial charge in [-0.05, 0) is 70.8 Å². The van der Waals surface area contributed by atoms with E-state index in [1.165, 1.54) is 12.1 Å². The Bertz CT molecular complexity index is 1330. The molecular weight excluding hydrogens is 537 g/mol. The molecule has 3 aromatic rings. The maximum absolute atomic E-state index is 13.4. The lowest BCUT2D eigenvalue weighted by atomic mass is 10.1. The summed E-state index contributed by atoms with van der Waals surface area (Å²) < 4.78 is 13.4. The van der Waals surface area contributed by atoms with Gasteiger partial charge in [0.1, 0.15) is 11.6 Å². The Labute approximate surface area is 247 Å². The molecule has 228 valence electrons. The highest BCUT2D eigenvalue weighted by Crippen LogP contribution is 2.36. The number of hydrogen-bond donors (Lipinski definition) is 3. The first-order chi connectivity index (χ1) is 20.1. The summed E-state index contributed by atoms with van der Waals surface area (Å²) in [6, 6.07) is 6.75. The number of likely N-dealkylation sites (N-methyl/N-ethyl adjacent to an activating group) is 1. The molecule has 1 aromatic carbocycles. The molecule has 42 heavy (non-hydrogen) atoms. The highest BCUT2D eigenvalue weighted by molar-refractivity contribution is 5.91. The van der Waals surface area contributed by atoms with Gasteiger partial charge >= 0.3 is 0 Å². The van der Waals surface area contributed by atoms with E-state index in [1.807, 2.05) is 10.2 Å². The minimum absolute atomic E-state index is 0.199. The third kappa shape index (κ3) is 8.42. The van der Waals surface area contributed by atoms with Crippen LogP contribution in [0.25, 0.3) is 22.2 Å². The zero-order valence-electron chi connectivity index (χ0n) is 25.5. The first-order valence-corrected chi connectivity index (χ1v) is 14.6. The molecule has 11 heteroatoms. The number of H-pyrrole nitrogens is 1. The van der Waals surface area contributed by atoms with Crippen LogP contribution < -0.4 is 10.6 Å². The first kappa shape index (κ1) is 32.8. The number of rotatable bonds is 11. The minimum atomic E-state index is -0.312. The fraction of sp³-hybridized carbons (Fsp3) is 0.516. The van der Waals surface area contributed by atoms with Gasteiger partial charge < -0.3 is 15.2 Å². The Morgan fingerprint density at radius 1 is 1.19 bits per heavy atom. The van der Waals surface area contributed by atoms with Crippen LogP contribution in [0.2, 0.25) is 0 Å². The number of carbonyl (C=O) groups excluding carboxylic acids is 3. The number of pyridine rings is 1. The van der Waals surface area contributed by atoms with Crippen molar-refractivity contribution in [3.63, 3.8) is 0 Å². The van der Waals surface area contributed by atoms with E-state index in [1.54, 1.807) is 38.5 Å². The molecule has 10 nitrogen and oxygen atoms in total. The van der Waals surface area contributed by atoms with Gasteiger partial charge in [0, 0.05) is 37.3 Å². The summed E-state index contributed by atoms with van der Waals surface area (Å²) in [5, 5.41) is 4.69. The summed E-state index contributed by atoms with van der Waals surface area (Å²) >= 11 is 0. The van der Waals surface area contributed by atoms with E-state index in [4.69, 9.17) is 4.98 Å². The number of nitrogens with zero attached hydrogens (tertiary/aromatic N) is 4. The Morgan fingerprint density at radius 3 is 2.52 bits per heavy atom. The number of imidazole rings is 1. The highest BCUT2D eigenvalue weighted by atomic mass is 19.1. The number of amides is 3. The Balaban J connectivity index is 0.000000467. The van der Waals surface area contributed by atoms with E-state index in [0.717, 1.165) is 60.3 Å². The standard InChI is InChI=1S/C26H34FN5O.C5H10N2O2/c1-5-32(24(33)14-17(2)3)13-12-20-10-11-23(31(20)4)26-29-22-16-28-15-21(25(22)30-26)18-6-8-19(27)9-7-18;1-4(6-2)5(9)7-3-8/h6-9,15-17,20,23H,5,10-14H2,1-4H3,(H,29,30);3-4,6H,1-2H3,(H,7,8,9). The highest BCUT2D eigenvalue weighted by Gasteiger charge is 2.34. The first-order valence-electron chi connectivity index (χ1n) is 14.6. The molecule has 1 aliphatic heterocycles. The number of hydrogen-bond acceptors (Lipinski definition) is 7. The smallest absolute Gasteiger partial charge is 0.243 e. The van der Waals surface area contributed by atoms with Crippen molar-refractivity contribution in [3.05, 3.63) is 48.3 Å². The number of aromatic nitrogens is 3. The van der Waals surface area contributed by atoms with Crippen LogP contribution in [-0.4, -0.2) is 82.2 Å². The number of imide groups is 1. The lowest BCUT2D eigenvalue weighted by Crippen LogP contribution is -2.39. The lowest BCUT2D eigenvalue weighted by Gasteiger charge is -2.28. The summed E-state index contributed by atoms with van der Waals surface area (Å²) in [6.45, 7) is 9.45. The maximum Gasteiger partial charge on any atom is 0.243 e. The average Bonchev–Trinajstić information content (AvgIpc) is 3.56. The molecule has 4 rings (SSSR count). The Morgan fingerprint density at radius 2 is 1.90 bits per heavy atom. The number of halogens is 1. The molecule has 0 aliphatic carbocycles. The van der Waals surface area contributed by atoms with E-state index in [-0.39, 0.29) is 29.7 Å². The molecule has 0 saturated carbocycles. The van der Waals surface area contributed by atoms with Gasteiger partial charge in [0.05, 0.1) is 29.3 Å². The molecule has 3 N–H and O–H groups in total. The molecule has 0 spiro atoms. The second-order valence-electron chi connectivity index (χ2n) is 11.1. The molecule has 1 aliphatic rings. The molecule has 3 amide bonds. The van der Waals surface area contributed by atoms with E-state index in [9.17, 15) is 18.8 Å².